The number of hydrogen-bond donors (Lipinski definition) is 0. The van der Waals surface area contributed by atoms with E-state index in [4.69, 9.17) is 0 Å². The summed E-state index contributed by atoms with van der Waals surface area (Å²) in [4.78, 5) is 0. The molecule has 120 valence electrons. The third-order valence-corrected chi connectivity index (χ3v) is 5.58. The summed E-state index contributed by atoms with van der Waals surface area (Å²) in [5, 5.41) is 2.66. The van der Waals surface area contributed by atoms with Crippen molar-refractivity contribution in [2.45, 2.75) is 0 Å². The monoisotopic (exact) mass is 338 g/mol. The highest BCUT2D eigenvalue weighted by Crippen LogP contribution is 2.36. The molecular formula is C24H18S. The van der Waals surface area contributed by atoms with Gasteiger partial charge in [-0.1, -0.05) is 73.9 Å². The predicted octanol–water partition coefficient (Wildman–Crippen LogP) is 7.48. The Hall–Kier alpha value is -2.90. The maximum Gasteiger partial charge on any atom is 0.0355 e. The van der Waals surface area contributed by atoms with E-state index < -0.39 is 0 Å². The molecule has 1 heteroatoms. The van der Waals surface area contributed by atoms with E-state index in [2.05, 4.69) is 79.9 Å². The Morgan fingerprint density at radius 2 is 1.56 bits per heavy atom. The minimum Gasteiger partial charge on any atom is -0.135 e. The lowest BCUT2D eigenvalue weighted by Gasteiger charge is -2.07. The minimum atomic E-state index is 1.08. The summed E-state index contributed by atoms with van der Waals surface area (Å²) in [7, 11) is 0. The molecule has 0 radical (unpaired) electrons. The number of fused-ring (bicyclic) bond motifs is 3. The van der Waals surface area contributed by atoms with Crippen LogP contribution in [-0.2, 0) is 0 Å². The molecule has 0 aliphatic carbocycles. The second-order valence-corrected chi connectivity index (χ2v) is 7.04. The van der Waals surface area contributed by atoms with Gasteiger partial charge in [-0.25, -0.2) is 0 Å². The van der Waals surface area contributed by atoms with Gasteiger partial charge in [-0.3, -0.25) is 0 Å². The van der Waals surface area contributed by atoms with Gasteiger partial charge in [-0.15, -0.1) is 11.3 Å². The number of rotatable bonds is 4. The molecule has 0 fully saturated rings. The van der Waals surface area contributed by atoms with Crippen molar-refractivity contribution >= 4 is 37.1 Å². The van der Waals surface area contributed by atoms with Crippen molar-refractivity contribution in [2.24, 2.45) is 0 Å². The van der Waals surface area contributed by atoms with Gasteiger partial charge in [0.15, 0.2) is 0 Å². The van der Waals surface area contributed by atoms with Gasteiger partial charge in [-0.05, 0) is 46.5 Å². The zero-order chi connectivity index (χ0) is 17.2. The van der Waals surface area contributed by atoms with Crippen LogP contribution in [0.2, 0.25) is 0 Å². The van der Waals surface area contributed by atoms with Gasteiger partial charge < -0.3 is 0 Å². The van der Waals surface area contributed by atoms with Crippen molar-refractivity contribution in [3.8, 4) is 11.1 Å². The maximum atomic E-state index is 3.91. The van der Waals surface area contributed by atoms with Gasteiger partial charge in [0.2, 0.25) is 0 Å². The lowest BCUT2D eigenvalue weighted by molar-refractivity contribution is 1.60. The fourth-order valence-corrected chi connectivity index (χ4v) is 4.28. The second-order valence-electron chi connectivity index (χ2n) is 5.95. The van der Waals surface area contributed by atoms with Crippen LogP contribution in [0.4, 0.5) is 0 Å². The van der Waals surface area contributed by atoms with Crippen LogP contribution in [0.1, 0.15) is 5.56 Å². The SMILES string of the molecule is C=C/C=C(\C=C)c1cccc(-c2ccc3sc4ccccc4c3c2)c1. The van der Waals surface area contributed by atoms with E-state index in [0.29, 0.717) is 0 Å². The van der Waals surface area contributed by atoms with Crippen LogP contribution in [0, 0.1) is 0 Å². The smallest absolute Gasteiger partial charge is 0.0355 e. The normalized spacial score (nSPS) is 11.8. The number of hydrogen-bond acceptors (Lipinski definition) is 1. The second kappa shape index (κ2) is 6.54. The zero-order valence-corrected chi connectivity index (χ0v) is 14.7. The van der Waals surface area contributed by atoms with Gasteiger partial charge in [0.1, 0.15) is 0 Å². The topological polar surface area (TPSA) is 0 Å². The summed E-state index contributed by atoms with van der Waals surface area (Å²) < 4.78 is 2.67. The van der Waals surface area contributed by atoms with Crippen LogP contribution < -0.4 is 0 Å². The van der Waals surface area contributed by atoms with Crippen molar-refractivity contribution in [3.63, 3.8) is 0 Å². The number of allylic oxidation sites excluding steroid dienone is 4. The zero-order valence-electron chi connectivity index (χ0n) is 13.9. The van der Waals surface area contributed by atoms with Crippen molar-refractivity contribution < 1.29 is 0 Å². The molecule has 1 aromatic heterocycles. The molecule has 0 atom stereocenters. The Morgan fingerprint density at radius 1 is 0.760 bits per heavy atom. The highest BCUT2D eigenvalue weighted by molar-refractivity contribution is 7.25. The quantitative estimate of drug-likeness (QED) is 0.338. The molecule has 0 aliphatic rings. The summed E-state index contributed by atoms with van der Waals surface area (Å²) in [5.74, 6) is 0. The van der Waals surface area contributed by atoms with E-state index >= 15 is 0 Å². The highest BCUT2D eigenvalue weighted by atomic mass is 32.1. The first-order valence-electron chi connectivity index (χ1n) is 8.27. The van der Waals surface area contributed by atoms with Gasteiger partial charge in [0.25, 0.3) is 0 Å². The van der Waals surface area contributed by atoms with E-state index in [0.717, 1.165) is 11.1 Å². The first-order valence-corrected chi connectivity index (χ1v) is 9.09. The number of thiophene rings is 1. The summed E-state index contributed by atoms with van der Waals surface area (Å²) in [5.41, 5.74) is 4.69. The van der Waals surface area contributed by atoms with E-state index in [1.165, 1.54) is 31.3 Å². The van der Waals surface area contributed by atoms with Crippen molar-refractivity contribution in [1.82, 2.24) is 0 Å². The summed E-state index contributed by atoms with van der Waals surface area (Å²) in [6.07, 6.45) is 5.66. The van der Waals surface area contributed by atoms with Crippen LogP contribution in [0.15, 0.2) is 98.1 Å². The summed E-state index contributed by atoms with van der Waals surface area (Å²) >= 11 is 1.85. The Bertz CT molecular complexity index is 1130. The Morgan fingerprint density at radius 3 is 2.40 bits per heavy atom. The van der Waals surface area contributed by atoms with Gasteiger partial charge >= 0.3 is 0 Å². The first-order chi connectivity index (χ1) is 12.3. The van der Waals surface area contributed by atoms with Crippen molar-refractivity contribution in [1.29, 1.82) is 0 Å². The fourth-order valence-electron chi connectivity index (χ4n) is 3.19. The molecule has 0 nitrogen and oxygen atoms in total. The van der Waals surface area contributed by atoms with Gasteiger partial charge in [-0.2, -0.15) is 0 Å². The molecule has 3 aromatic carbocycles. The predicted molar refractivity (Wildman–Crippen MR) is 113 cm³/mol. The molecule has 0 aliphatic heterocycles. The molecule has 1 heterocycles. The van der Waals surface area contributed by atoms with Crippen molar-refractivity contribution in [2.75, 3.05) is 0 Å². The maximum absolute atomic E-state index is 3.91. The molecule has 0 saturated carbocycles. The van der Waals surface area contributed by atoms with Crippen molar-refractivity contribution in [3.05, 3.63) is 104 Å². The van der Waals surface area contributed by atoms with E-state index in [1.807, 2.05) is 23.5 Å². The van der Waals surface area contributed by atoms with Crippen LogP contribution in [-0.4, -0.2) is 0 Å². The average Bonchev–Trinajstić information content (AvgIpc) is 3.04. The molecule has 0 saturated heterocycles. The van der Waals surface area contributed by atoms with Gasteiger partial charge in [0, 0.05) is 20.2 Å². The van der Waals surface area contributed by atoms with Crippen LogP contribution in [0.3, 0.4) is 0 Å². The molecular weight excluding hydrogens is 320 g/mol. The summed E-state index contributed by atoms with van der Waals surface area (Å²) in [6, 6.07) is 23.9. The molecule has 4 aromatic rings. The van der Waals surface area contributed by atoms with E-state index in [-0.39, 0.29) is 0 Å². The first kappa shape index (κ1) is 15.6. The summed E-state index contributed by atoms with van der Waals surface area (Å²) in [6.45, 7) is 7.70. The molecule has 0 N–H and O–H groups in total. The molecule has 0 amide bonds. The standard InChI is InChI=1S/C24H18S/c1-3-8-17(4-2)18-9-7-10-19(15-18)20-13-14-24-22(16-20)21-11-5-6-12-23(21)25-24/h3-16H,1-2H2/b17-8+. The van der Waals surface area contributed by atoms with E-state index in [1.54, 1.807) is 6.08 Å². The highest BCUT2D eigenvalue weighted by Gasteiger charge is 2.07. The third-order valence-electron chi connectivity index (χ3n) is 4.42. The Balaban J connectivity index is 1.87. The molecule has 0 unspecified atom stereocenters. The van der Waals surface area contributed by atoms with Gasteiger partial charge in [0.05, 0.1) is 0 Å². The Labute approximate surface area is 152 Å². The number of benzene rings is 3. The molecule has 4 rings (SSSR count). The Kier molecular flexibility index (Phi) is 4.09. The van der Waals surface area contributed by atoms with E-state index in [9.17, 15) is 0 Å². The molecule has 0 spiro atoms. The molecule has 25 heavy (non-hydrogen) atoms. The van der Waals surface area contributed by atoms with Crippen LogP contribution in [0.25, 0.3) is 36.9 Å². The lowest BCUT2D eigenvalue weighted by Crippen LogP contribution is -1.83. The fraction of sp³-hybridized carbons (Fsp3) is 0. The minimum absolute atomic E-state index is 1.08. The third kappa shape index (κ3) is 2.84. The average molecular weight is 338 g/mol. The molecule has 0 bridgehead atoms. The van der Waals surface area contributed by atoms with Crippen LogP contribution >= 0.6 is 11.3 Å². The van der Waals surface area contributed by atoms with Crippen LogP contribution in [0.5, 0.6) is 0 Å². The largest absolute Gasteiger partial charge is 0.135 e. The lowest BCUT2D eigenvalue weighted by atomic mass is 9.98.